The molecule has 1 aromatic rings. The summed E-state index contributed by atoms with van der Waals surface area (Å²) in [5.74, 6) is 2.49. The number of rotatable bonds is 7. The molecule has 9 rings (SSSR count). The summed E-state index contributed by atoms with van der Waals surface area (Å²) in [5, 5.41) is 13.6. The van der Waals surface area contributed by atoms with Crippen molar-refractivity contribution >= 4 is 5.71 Å². The summed E-state index contributed by atoms with van der Waals surface area (Å²) in [6, 6.07) is 7.94. The molecule has 0 saturated carbocycles. The lowest BCUT2D eigenvalue weighted by molar-refractivity contribution is 0.295. The number of fused-ring (bicyclic) bond motifs is 1. The Morgan fingerprint density at radius 2 is 1.43 bits per heavy atom. The first-order valence-electron chi connectivity index (χ1n) is 21.7. The summed E-state index contributed by atoms with van der Waals surface area (Å²) in [6.07, 6.45) is 53.1. The van der Waals surface area contributed by atoms with Crippen molar-refractivity contribution in [2.24, 2.45) is 28.7 Å². The van der Waals surface area contributed by atoms with E-state index < -0.39 is 0 Å². The maximum atomic E-state index is 9.37. The predicted octanol–water partition coefficient (Wildman–Crippen LogP) is 12.1. The SMILES string of the molecule is N#CC1CC=C(C2=CCC(c3ccc(C4C=C(C5=NC(C6C=CC=CC6)NC(C6=CC=CCC6)C5C5C=CC=CC5)CCC4)c4c3CCCC4)CC2)CC1. The molecule has 0 radical (unpaired) electrons. The number of benzene rings is 1. The minimum atomic E-state index is 0.0969. The fourth-order valence-corrected chi connectivity index (χ4v) is 11.3. The average Bonchev–Trinajstić information content (AvgIpc) is 3.26. The fourth-order valence-electron chi connectivity index (χ4n) is 11.3. The second kappa shape index (κ2) is 16.4. The maximum absolute atomic E-state index is 9.37. The Hall–Kier alpha value is -4.00. The highest BCUT2D eigenvalue weighted by atomic mass is 15.1. The van der Waals surface area contributed by atoms with E-state index in [0.717, 1.165) is 57.8 Å². The molecule has 3 heteroatoms. The van der Waals surface area contributed by atoms with Gasteiger partial charge >= 0.3 is 0 Å². The van der Waals surface area contributed by atoms with Gasteiger partial charge in [0.05, 0.1) is 12.0 Å². The van der Waals surface area contributed by atoms with Crippen LogP contribution < -0.4 is 5.32 Å². The van der Waals surface area contributed by atoms with Crippen LogP contribution in [0.25, 0.3) is 0 Å². The van der Waals surface area contributed by atoms with Crippen LogP contribution >= 0.6 is 0 Å². The Morgan fingerprint density at radius 1 is 0.667 bits per heavy atom. The zero-order valence-corrected chi connectivity index (χ0v) is 32.3. The number of nitriles is 1. The molecule has 0 spiro atoms. The molecule has 0 fully saturated rings. The molecule has 1 aliphatic heterocycles. The summed E-state index contributed by atoms with van der Waals surface area (Å²) in [5.41, 5.74) is 14.3. The molecule has 0 aromatic heterocycles. The lowest BCUT2D eigenvalue weighted by Crippen LogP contribution is -2.55. The number of hydrogen-bond acceptors (Lipinski definition) is 3. The Bertz CT molecular complexity index is 1950. The number of nitrogens with one attached hydrogen (secondary N) is 1. The molecule has 1 aromatic carbocycles. The van der Waals surface area contributed by atoms with Crippen LogP contribution in [-0.2, 0) is 12.8 Å². The molecule has 0 saturated heterocycles. The minimum Gasteiger partial charge on any atom is -0.288 e. The van der Waals surface area contributed by atoms with E-state index >= 15 is 0 Å². The van der Waals surface area contributed by atoms with Crippen molar-refractivity contribution in [3.63, 3.8) is 0 Å². The highest BCUT2D eigenvalue weighted by Crippen LogP contribution is 2.45. The van der Waals surface area contributed by atoms with Crippen LogP contribution in [0.5, 0.6) is 0 Å². The molecule has 54 heavy (non-hydrogen) atoms. The quantitative estimate of drug-likeness (QED) is 0.306. The smallest absolute Gasteiger partial charge is 0.107 e. The highest BCUT2D eigenvalue weighted by molar-refractivity contribution is 6.03. The third kappa shape index (κ3) is 7.36. The summed E-state index contributed by atoms with van der Waals surface area (Å²) < 4.78 is 0. The topological polar surface area (TPSA) is 48.2 Å². The summed E-state index contributed by atoms with van der Waals surface area (Å²) in [4.78, 5) is 5.79. The predicted molar refractivity (Wildman–Crippen MR) is 224 cm³/mol. The second-order valence-corrected chi connectivity index (χ2v) is 17.4. The molecule has 8 aliphatic rings. The van der Waals surface area contributed by atoms with E-state index in [2.05, 4.69) is 109 Å². The molecule has 278 valence electrons. The van der Waals surface area contributed by atoms with Crippen molar-refractivity contribution in [3.8, 4) is 6.07 Å². The molecular weight excluding hydrogens is 655 g/mol. The van der Waals surface area contributed by atoms with Crippen molar-refractivity contribution in [2.45, 2.75) is 133 Å². The zero-order chi connectivity index (χ0) is 36.3. The Labute approximate surface area is 324 Å². The van der Waals surface area contributed by atoms with E-state index in [0.29, 0.717) is 35.6 Å². The minimum absolute atomic E-state index is 0.0969. The van der Waals surface area contributed by atoms with Gasteiger partial charge in [-0.2, -0.15) is 5.26 Å². The van der Waals surface area contributed by atoms with Gasteiger partial charge in [-0.3, -0.25) is 10.3 Å². The van der Waals surface area contributed by atoms with E-state index in [1.807, 2.05) is 0 Å². The van der Waals surface area contributed by atoms with Gasteiger partial charge in [0.2, 0.25) is 0 Å². The van der Waals surface area contributed by atoms with Crippen molar-refractivity contribution in [3.05, 3.63) is 142 Å². The van der Waals surface area contributed by atoms with Gasteiger partial charge in [-0.15, -0.1) is 0 Å². The Balaban J connectivity index is 1.04. The van der Waals surface area contributed by atoms with Gasteiger partial charge in [-0.1, -0.05) is 103 Å². The second-order valence-electron chi connectivity index (χ2n) is 17.4. The Kier molecular flexibility index (Phi) is 10.8. The number of nitrogens with zero attached hydrogens (tertiary/aromatic N) is 2. The van der Waals surface area contributed by atoms with Crippen molar-refractivity contribution in [2.75, 3.05) is 0 Å². The molecule has 3 nitrogen and oxygen atoms in total. The van der Waals surface area contributed by atoms with E-state index in [1.54, 1.807) is 33.4 Å². The molecule has 7 aliphatic carbocycles. The summed E-state index contributed by atoms with van der Waals surface area (Å²) in [6.45, 7) is 0. The van der Waals surface area contributed by atoms with E-state index in [4.69, 9.17) is 4.99 Å². The fraction of sp³-hybridized carbons (Fsp3) is 0.490. The lowest BCUT2D eigenvalue weighted by Gasteiger charge is -2.44. The van der Waals surface area contributed by atoms with Crippen molar-refractivity contribution < 1.29 is 0 Å². The summed E-state index contributed by atoms with van der Waals surface area (Å²) in [7, 11) is 0. The summed E-state index contributed by atoms with van der Waals surface area (Å²) >= 11 is 0. The van der Waals surface area contributed by atoms with Crippen molar-refractivity contribution in [1.29, 1.82) is 5.26 Å². The molecule has 0 bridgehead atoms. The zero-order valence-electron chi connectivity index (χ0n) is 32.3. The van der Waals surface area contributed by atoms with Gasteiger partial charge in [0, 0.05) is 29.5 Å². The lowest BCUT2D eigenvalue weighted by atomic mass is 9.69. The monoisotopic (exact) mass is 713 g/mol. The van der Waals surface area contributed by atoms with Crippen LogP contribution in [0.2, 0.25) is 0 Å². The maximum Gasteiger partial charge on any atom is 0.107 e. The molecule has 0 amide bonds. The van der Waals surface area contributed by atoms with Crippen LogP contribution in [-0.4, -0.2) is 17.9 Å². The van der Waals surface area contributed by atoms with E-state index in [9.17, 15) is 5.26 Å². The van der Waals surface area contributed by atoms with E-state index in [-0.39, 0.29) is 12.1 Å². The van der Waals surface area contributed by atoms with Gasteiger partial charge in [0.15, 0.2) is 0 Å². The van der Waals surface area contributed by atoms with E-state index in [1.165, 1.54) is 68.2 Å². The van der Waals surface area contributed by atoms with Crippen LogP contribution in [0.15, 0.2) is 124 Å². The first kappa shape index (κ1) is 35.7. The standard InChI is InChI=1S/C51H59N3/c52-34-35-23-25-36(26-24-35)37-27-29-38(30-28-37)44-31-32-45(47-22-11-10-21-46(44)47)42-19-12-20-43(33-42)50-48(39-13-4-1-5-14-39)49(40-15-6-2-7-16-40)53-51(54-50)41-17-8-3-9-18-41/h1-6,8-9,13,15,17,25,27,31-33,35,38-39,41-42,48-49,51,53H,7,10-12,14,16,18-24,26,28-30H2. The van der Waals surface area contributed by atoms with Gasteiger partial charge in [0.25, 0.3) is 0 Å². The third-order valence-corrected chi connectivity index (χ3v) is 14.2. The molecular formula is C51H59N3. The van der Waals surface area contributed by atoms with Crippen LogP contribution in [0, 0.1) is 35.0 Å². The molecule has 8 unspecified atom stereocenters. The first-order valence-corrected chi connectivity index (χ1v) is 21.7. The highest BCUT2D eigenvalue weighted by Gasteiger charge is 2.42. The number of hydrogen-bond donors (Lipinski definition) is 1. The molecule has 1 heterocycles. The number of aliphatic imine (C=N–C) groups is 1. The Morgan fingerprint density at radius 3 is 2.11 bits per heavy atom. The van der Waals surface area contributed by atoms with Crippen LogP contribution in [0.1, 0.15) is 130 Å². The molecule has 1 N–H and O–H groups in total. The van der Waals surface area contributed by atoms with Gasteiger partial charge in [-0.25, -0.2) is 0 Å². The number of allylic oxidation sites excluding steroid dienone is 16. The van der Waals surface area contributed by atoms with Crippen LogP contribution in [0.3, 0.4) is 0 Å². The normalized spacial score (nSPS) is 33.5. The largest absolute Gasteiger partial charge is 0.288 e. The van der Waals surface area contributed by atoms with Crippen LogP contribution in [0.4, 0.5) is 0 Å². The van der Waals surface area contributed by atoms with Crippen molar-refractivity contribution in [1.82, 2.24) is 5.32 Å². The van der Waals surface area contributed by atoms with Gasteiger partial charge < -0.3 is 0 Å². The average molecular weight is 714 g/mol. The van der Waals surface area contributed by atoms with Gasteiger partial charge in [0.1, 0.15) is 6.17 Å². The molecule has 8 atom stereocenters. The third-order valence-electron chi connectivity index (χ3n) is 14.2. The van der Waals surface area contributed by atoms with Gasteiger partial charge in [-0.05, 0) is 160 Å². The first-order chi connectivity index (χ1) is 26.7.